The molecule has 1 aromatic carbocycles. The van der Waals surface area contributed by atoms with Crippen LogP contribution in [0.2, 0.25) is 10.0 Å². The number of nitrogens with zero attached hydrogens (tertiary/aromatic N) is 5. The Morgan fingerprint density at radius 3 is 2.29 bits per heavy atom. The number of carbonyl (C=O) groups is 1. The number of anilines is 1. The van der Waals surface area contributed by atoms with Crippen molar-refractivity contribution < 1.29 is 13.2 Å². The van der Waals surface area contributed by atoms with Crippen molar-refractivity contribution in [3.63, 3.8) is 0 Å². The Bertz CT molecular complexity index is 975. The maximum Gasteiger partial charge on any atom is 0.274 e. The first-order chi connectivity index (χ1) is 13.2. The van der Waals surface area contributed by atoms with Crippen LogP contribution in [0.5, 0.6) is 0 Å². The van der Waals surface area contributed by atoms with Gasteiger partial charge in [-0.25, -0.2) is 8.42 Å². The van der Waals surface area contributed by atoms with Gasteiger partial charge < -0.3 is 9.80 Å². The van der Waals surface area contributed by atoms with Crippen molar-refractivity contribution in [2.24, 2.45) is 0 Å². The van der Waals surface area contributed by atoms with Gasteiger partial charge in [-0.1, -0.05) is 23.2 Å². The van der Waals surface area contributed by atoms with E-state index in [2.05, 4.69) is 10.2 Å². The van der Waals surface area contributed by atoms with E-state index in [4.69, 9.17) is 23.2 Å². The molecule has 2 heterocycles. The molecule has 1 aliphatic rings. The summed E-state index contributed by atoms with van der Waals surface area (Å²) in [6.45, 7) is 0.793. The number of carbonyl (C=O) groups excluding carboxylic acids is 1. The van der Waals surface area contributed by atoms with Crippen molar-refractivity contribution in [1.82, 2.24) is 19.4 Å². The number of hydrogen-bond donors (Lipinski definition) is 0. The van der Waals surface area contributed by atoms with E-state index in [1.807, 2.05) is 14.1 Å². The highest BCUT2D eigenvalue weighted by Gasteiger charge is 2.32. The van der Waals surface area contributed by atoms with Crippen molar-refractivity contribution in [3.8, 4) is 0 Å². The van der Waals surface area contributed by atoms with Gasteiger partial charge in [-0.3, -0.25) is 4.79 Å². The van der Waals surface area contributed by atoms with Gasteiger partial charge >= 0.3 is 0 Å². The third-order valence-corrected chi connectivity index (χ3v) is 6.98. The van der Waals surface area contributed by atoms with Crippen LogP contribution in [0.1, 0.15) is 10.5 Å². The Kier molecular flexibility index (Phi) is 6.09. The van der Waals surface area contributed by atoms with Crippen LogP contribution in [-0.4, -0.2) is 74.0 Å². The molecule has 1 aromatic heterocycles. The summed E-state index contributed by atoms with van der Waals surface area (Å²) in [6.07, 6.45) is 0. The van der Waals surface area contributed by atoms with Gasteiger partial charge in [0.25, 0.3) is 5.91 Å². The molecule has 0 radical (unpaired) electrons. The number of piperazine rings is 1. The number of halogens is 2. The Morgan fingerprint density at radius 1 is 1.04 bits per heavy atom. The minimum atomic E-state index is -3.80. The zero-order chi connectivity index (χ0) is 20.5. The first-order valence-corrected chi connectivity index (χ1v) is 10.7. The summed E-state index contributed by atoms with van der Waals surface area (Å²) in [5.74, 6) is 0.363. The third kappa shape index (κ3) is 4.22. The van der Waals surface area contributed by atoms with Gasteiger partial charge in [0.05, 0.1) is 5.02 Å². The molecule has 1 aliphatic heterocycles. The topological polar surface area (TPSA) is 86.7 Å². The summed E-state index contributed by atoms with van der Waals surface area (Å²) in [7, 11) is -0.137. The van der Waals surface area contributed by atoms with Gasteiger partial charge in [0.1, 0.15) is 4.90 Å². The summed E-state index contributed by atoms with van der Waals surface area (Å²) in [5.41, 5.74) is 0.222. The van der Waals surface area contributed by atoms with Crippen molar-refractivity contribution in [3.05, 3.63) is 46.1 Å². The number of amides is 1. The number of aromatic nitrogens is 2. The zero-order valence-electron chi connectivity index (χ0n) is 15.3. The maximum atomic E-state index is 12.9. The lowest BCUT2D eigenvalue weighted by molar-refractivity contribution is 0.0691. The second-order valence-electron chi connectivity index (χ2n) is 6.44. The first-order valence-electron chi connectivity index (χ1n) is 8.45. The molecule has 0 N–H and O–H groups in total. The normalized spacial score (nSPS) is 15.5. The van der Waals surface area contributed by atoms with Crippen molar-refractivity contribution in [1.29, 1.82) is 0 Å². The Morgan fingerprint density at radius 2 is 1.71 bits per heavy atom. The second-order valence-corrected chi connectivity index (χ2v) is 9.19. The number of sulfonamides is 1. The van der Waals surface area contributed by atoms with E-state index in [1.54, 1.807) is 21.9 Å². The summed E-state index contributed by atoms with van der Waals surface area (Å²) < 4.78 is 27.0. The zero-order valence-corrected chi connectivity index (χ0v) is 17.7. The summed E-state index contributed by atoms with van der Waals surface area (Å²) in [4.78, 5) is 15.9. The third-order valence-electron chi connectivity index (χ3n) is 4.36. The molecule has 8 nitrogen and oxygen atoms in total. The van der Waals surface area contributed by atoms with E-state index in [9.17, 15) is 13.2 Å². The van der Waals surface area contributed by atoms with E-state index in [0.717, 1.165) is 0 Å². The quantitative estimate of drug-likeness (QED) is 0.717. The van der Waals surface area contributed by atoms with Crippen LogP contribution in [0.15, 0.2) is 35.2 Å². The molecule has 0 aliphatic carbocycles. The Balaban J connectivity index is 1.70. The van der Waals surface area contributed by atoms with E-state index in [1.165, 1.54) is 22.5 Å². The predicted octanol–water partition coefficient (Wildman–Crippen LogP) is 2.00. The minimum absolute atomic E-state index is 0.0356. The molecule has 0 spiro atoms. The van der Waals surface area contributed by atoms with Crippen LogP contribution in [0.4, 0.5) is 5.82 Å². The van der Waals surface area contributed by atoms with Crippen LogP contribution in [-0.2, 0) is 10.0 Å². The standard InChI is InChI=1S/C17H19Cl2N5O3S/c1-22(2)16-6-5-14(20-21-16)17(25)23-7-9-24(10-8-23)28(26,27)15-11-12(18)3-4-13(15)19/h3-6,11H,7-10H2,1-2H3. The van der Waals surface area contributed by atoms with Gasteiger partial charge in [-0.2, -0.15) is 4.31 Å². The van der Waals surface area contributed by atoms with Gasteiger partial charge in [0.15, 0.2) is 11.5 Å². The average Bonchev–Trinajstić information content (AvgIpc) is 2.69. The number of rotatable bonds is 4. The highest BCUT2D eigenvalue weighted by atomic mass is 35.5. The molecule has 11 heteroatoms. The maximum absolute atomic E-state index is 12.9. The molecule has 1 amide bonds. The molecule has 28 heavy (non-hydrogen) atoms. The summed E-state index contributed by atoms with van der Waals surface area (Å²) in [5, 5.41) is 8.36. The second kappa shape index (κ2) is 8.20. The van der Waals surface area contributed by atoms with Crippen LogP contribution in [0.3, 0.4) is 0 Å². The molecule has 3 rings (SSSR count). The van der Waals surface area contributed by atoms with Crippen LogP contribution in [0.25, 0.3) is 0 Å². The molecule has 1 fully saturated rings. The van der Waals surface area contributed by atoms with Crippen molar-refractivity contribution in [2.45, 2.75) is 4.90 Å². The molecule has 0 atom stereocenters. The average molecular weight is 444 g/mol. The lowest BCUT2D eigenvalue weighted by Gasteiger charge is -2.33. The lowest BCUT2D eigenvalue weighted by Crippen LogP contribution is -2.50. The molecule has 0 bridgehead atoms. The molecule has 2 aromatic rings. The predicted molar refractivity (Wildman–Crippen MR) is 107 cm³/mol. The monoisotopic (exact) mass is 443 g/mol. The highest BCUT2D eigenvalue weighted by Crippen LogP contribution is 2.28. The smallest absolute Gasteiger partial charge is 0.274 e. The van der Waals surface area contributed by atoms with Crippen LogP contribution < -0.4 is 4.90 Å². The van der Waals surface area contributed by atoms with E-state index in [0.29, 0.717) is 5.82 Å². The SMILES string of the molecule is CN(C)c1ccc(C(=O)N2CCN(S(=O)(=O)c3cc(Cl)ccc3Cl)CC2)nn1. The molecule has 150 valence electrons. The van der Waals surface area contributed by atoms with Gasteiger partial charge in [-0.15, -0.1) is 10.2 Å². The van der Waals surface area contributed by atoms with Crippen LogP contribution >= 0.6 is 23.2 Å². The number of benzene rings is 1. The largest absolute Gasteiger partial charge is 0.361 e. The highest BCUT2D eigenvalue weighted by molar-refractivity contribution is 7.89. The van der Waals surface area contributed by atoms with Gasteiger partial charge in [0, 0.05) is 45.3 Å². The van der Waals surface area contributed by atoms with Gasteiger partial charge in [-0.05, 0) is 30.3 Å². The molecule has 0 unspecified atom stereocenters. The van der Waals surface area contributed by atoms with Crippen molar-refractivity contribution >= 4 is 45.0 Å². The van der Waals surface area contributed by atoms with E-state index >= 15 is 0 Å². The fourth-order valence-electron chi connectivity index (χ4n) is 2.79. The fourth-order valence-corrected chi connectivity index (χ4v) is 4.94. The van der Waals surface area contributed by atoms with Crippen LogP contribution in [0, 0.1) is 0 Å². The van der Waals surface area contributed by atoms with Crippen molar-refractivity contribution in [2.75, 3.05) is 45.2 Å². The van der Waals surface area contributed by atoms with Gasteiger partial charge in [0.2, 0.25) is 10.0 Å². The molecule has 1 saturated heterocycles. The minimum Gasteiger partial charge on any atom is -0.361 e. The molecule has 0 saturated carbocycles. The molecular formula is C17H19Cl2N5O3S. The number of hydrogen-bond acceptors (Lipinski definition) is 6. The van der Waals surface area contributed by atoms with E-state index < -0.39 is 10.0 Å². The first kappa shape index (κ1) is 20.8. The fraction of sp³-hybridized carbons (Fsp3) is 0.353. The summed E-state index contributed by atoms with van der Waals surface area (Å²) in [6, 6.07) is 7.63. The lowest BCUT2D eigenvalue weighted by atomic mass is 10.3. The Labute approximate surface area is 173 Å². The van der Waals surface area contributed by atoms with E-state index in [-0.39, 0.29) is 52.7 Å². The Hall–Kier alpha value is -1.94. The summed E-state index contributed by atoms with van der Waals surface area (Å²) >= 11 is 12.0. The molecular weight excluding hydrogens is 425 g/mol.